The van der Waals surface area contributed by atoms with Crippen LogP contribution in [0.5, 0.6) is 0 Å². The lowest BCUT2D eigenvalue weighted by Gasteiger charge is -2.38. The first kappa shape index (κ1) is 27.8. The van der Waals surface area contributed by atoms with Gasteiger partial charge in [-0.25, -0.2) is 4.98 Å². The highest BCUT2D eigenvalue weighted by Gasteiger charge is 2.38. The molecular weight excluding hydrogens is 505 g/mol. The lowest BCUT2D eigenvalue weighted by molar-refractivity contribution is -0.122. The SMILES string of the molecule is CCc1n[nH]c(C)c1-c1ccc(NC(=O)[C@H](C2CCC(C)CC2)N(CCSC)C(=O)c2ccn[nH]2)nc1F. The Morgan fingerprint density at radius 3 is 2.61 bits per heavy atom. The zero-order chi connectivity index (χ0) is 27.2. The van der Waals surface area contributed by atoms with Crippen LogP contribution in [0.4, 0.5) is 10.2 Å². The Hall–Kier alpha value is -3.21. The molecule has 2 amide bonds. The predicted molar refractivity (Wildman–Crippen MR) is 147 cm³/mol. The Labute approximate surface area is 226 Å². The number of hydrogen-bond acceptors (Lipinski definition) is 6. The van der Waals surface area contributed by atoms with Gasteiger partial charge < -0.3 is 10.2 Å². The third-order valence-corrected chi connectivity index (χ3v) is 7.96. The van der Waals surface area contributed by atoms with Crippen molar-refractivity contribution >= 4 is 29.4 Å². The second kappa shape index (κ2) is 12.6. The van der Waals surface area contributed by atoms with Crippen molar-refractivity contribution in [1.82, 2.24) is 30.3 Å². The van der Waals surface area contributed by atoms with E-state index in [-0.39, 0.29) is 23.6 Å². The van der Waals surface area contributed by atoms with Gasteiger partial charge in [0, 0.05) is 35.3 Å². The number of aryl methyl sites for hydroxylation is 2. The molecule has 1 atom stereocenters. The van der Waals surface area contributed by atoms with Gasteiger partial charge in [-0.1, -0.05) is 26.7 Å². The summed E-state index contributed by atoms with van der Waals surface area (Å²) in [6.07, 6.45) is 7.81. The summed E-state index contributed by atoms with van der Waals surface area (Å²) < 4.78 is 15.2. The maximum atomic E-state index is 15.2. The standard InChI is InChI=1S/C27H36FN7O2S/c1-5-20-23(17(3)32-34-20)19-10-11-22(30-25(19)28)31-26(36)24(18-8-6-16(2)7-9-18)35(14-15-38-4)27(37)21-12-13-29-33-21/h10-13,16,18,24H,5-9,14-15H2,1-4H3,(H,29,33)(H,32,34)(H,30,31,36)/t16?,18?,24-/m0/s1. The zero-order valence-corrected chi connectivity index (χ0v) is 23.2. The molecule has 204 valence electrons. The molecule has 1 aliphatic carbocycles. The highest BCUT2D eigenvalue weighted by molar-refractivity contribution is 7.98. The van der Waals surface area contributed by atoms with Crippen LogP contribution in [0.25, 0.3) is 11.1 Å². The highest BCUT2D eigenvalue weighted by atomic mass is 32.2. The molecule has 0 bridgehead atoms. The largest absolute Gasteiger partial charge is 0.324 e. The summed E-state index contributed by atoms with van der Waals surface area (Å²) in [7, 11) is 0. The number of aromatic amines is 2. The number of aromatic nitrogens is 5. The Kier molecular flexibility index (Phi) is 9.19. The van der Waals surface area contributed by atoms with Crippen LogP contribution in [0, 0.1) is 24.7 Å². The van der Waals surface area contributed by atoms with E-state index in [9.17, 15) is 9.59 Å². The summed E-state index contributed by atoms with van der Waals surface area (Å²) in [5, 5.41) is 16.6. The number of hydrogen-bond donors (Lipinski definition) is 3. The van der Waals surface area contributed by atoms with E-state index >= 15 is 4.39 Å². The van der Waals surface area contributed by atoms with Gasteiger partial charge in [-0.05, 0) is 62.5 Å². The Bertz CT molecular complexity index is 1240. The summed E-state index contributed by atoms with van der Waals surface area (Å²) in [4.78, 5) is 33.1. The number of H-pyrrole nitrogens is 2. The van der Waals surface area contributed by atoms with E-state index in [1.165, 1.54) is 6.20 Å². The highest BCUT2D eigenvalue weighted by Crippen LogP contribution is 2.34. The smallest absolute Gasteiger partial charge is 0.272 e. The average Bonchev–Trinajstić information content (AvgIpc) is 3.57. The van der Waals surface area contributed by atoms with Crippen LogP contribution >= 0.6 is 11.8 Å². The van der Waals surface area contributed by atoms with Crippen LogP contribution in [-0.4, -0.2) is 66.7 Å². The number of rotatable bonds is 10. The molecule has 4 rings (SSSR count). The Morgan fingerprint density at radius 2 is 1.97 bits per heavy atom. The maximum Gasteiger partial charge on any atom is 0.272 e. The minimum atomic E-state index is -0.710. The first-order valence-corrected chi connectivity index (χ1v) is 14.5. The lowest BCUT2D eigenvalue weighted by Crippen LogP contribution is -2.53. The quantitative estimate of drug-likeness (QED) is 0.316. The fourth-order valence-corrected chi connectivity index (χ4v) is 5.66. The molecule has 11 heteroatoms. The van der Waals surface area contributed by atoms with Crippen molar-refractivity contribution in [3.63, 3.8) is 0 Å². The van der Waals surface area contributed by atoms with Crippen molar-refractivity contribution in [2.24, 2.45) is 11.8 Å². The first-order valence-electron chi connectivity index (χ1n) is 13.1. The molecule has 1 saturated carbocycles. The van der Waals surface area contributed by atoms with Crippen LogP contribution in [0.15, 0.2) is 24.4 Å². The van der Waals surface area contributed by atoms with Gasteiger partial charge in [-0.3, -0.25) is 19.8 Å². The number of halogens is 1. The fourth-order valence-electron chi connectivity index (χ4n) is 5.28. The molecule has 0 unspecified atom stereocenters. The monoisotopic (exact) mass is 541 g/mol. The molecule has 0 aromatic carbocycles. The second-order valence-corrected chi connectivity index (χ2v) is 11.0. The van der Waals surface area contributed by atoms with Crippen molar-refractivity contribution in [2.45, 2.75) is 58.9 Å². The van der Waals surface area contributed by atoms with Gasteiger partial charge in [0.05, 0.1) is 5.69 Å². The molecule has 0 spiro atoms. The number of nitrogens with zero attached hydrogens (tertiary/aromatic N) is 4. The van der Waals surface area contributed by atoms with Gasteiger partial charge in [0.25, 0.3) is 5.91 Å². The van der Waals surface area contributed by atoms with E-state index in [1.54, 1.807) is 34.9 Å². The van der Waals surface area contributed by atoms with Crippen LogP contribution in [0.3, 0.4) is 0 Å². The van der Waals surface area contributed by atoms with Crippen molar-refractivity contribution in [3.05, 3.63) is 47.4 Å². The molecule has 1 fully saturated rings. The third-order valence-electron chi connectivity index (χ3n) is 7.37. The zero-order valence-electron chi connectivity index (χ0n) is 22.4. The number of thioether (sulfide) groups is 1. The fraction of sp³-hybridized carbons (Fsp3) is 0.519. The van der Waals surface area contributed by atoms with Gasteiger partial charge >= 0.3 is 0 Å². The molecule has 3 heterocycles. The first-order chi connectivity index (χ1) is 18.3. The predicted octanol–water partition coefficient (Wildman–Crippen LogP) is 4.84. The van der Waals surface area contributed by atoms with E-state index in [2.05, 4.69) is 37.6 Å². The van der Waals surface area contributed by atoms with E-state index < -0.39 is 12.0 Å². The van der Waals surface area contributed by atoms with Gasteiger partial charge in [0.1, 0.15) is 17.6 Å². The van der Waals surface area contributed by atoms with E-state index in [0.29, 0.717) is 41.5 Å². The summed E-state index contributed by atoms with van der Waals surface area (Å²) >= 11 is 1.61. The number of pyridine rings is 1. The molecule has 0 saturated heterocycles. The molecule has 3 aromatic rings. The normalized spacial score (nSPS) is 18.2. The number of carbonyl (C=O) groups is 2. The maximum absolute atomic E-state index is 15.2. The molecule has 3 N–H and O–H groups in total. The van der Waals surface area contributed by atoms with Gasteiger partial charge in [-0.15, -0.1) is 0 Å². The topological polar surface area (TPSA) is 120 Å². The number of nitrogens with one attached hydrogen (secondary N) is 3. The molecule has 1 aliphatic rings. The Balaban J connectivity index is 1.63. The number of amides is 2. The minimum Gasteiger partial charge on any atom is -0.324 e. The second-order valence-electron chi connectivity index (χ2n) is 9.97. The third kappa shape index (κ3) is 6.09. The number of carbonyl (C=O) groups excluding carboxylic acids is 2. The summed E-state index contributed by atoms with van der Waals surface area (Å²) in [6, 6.07) is 4.13. The lowest BCUT2D eigenvalue weighted by atomic mass is 9.78. The van der Waals surface area contributed by atoms with Crippen molar-refractivity contribution in [3.8, 4) is 11.1 Å². The summed E-state index contributed by atoms with van der Waals surface area (Å²) in [5.41, 5.74) is 2.88. The average molecular weight is 542 g/mol. The molecule has 0 aliphatic heterocycles. The van der Waals surface area contributed by atoms with Crippen molar-refractivity contribution < 1.29 is 14.0 Å². The van der Waals surface area contributed by atoms with E-state index in [1.807, 2.05) is 20.1 Å². The summed E-state index contributed by atoms with van der Waals surface area (Å²) in [5.74, 6) is 0.0592. The van der Waals surface area contributed by atoms with E-state index in [4.69, 9.17) is 0 Å². The van der Waals surface area contributed by atoms with Crippen LogP contribution in [-0.2, 0) is 11.2 Å². The van der Waals surface area contributed by atoms with Gasteiger partial charge in [-0.2, -0.15) is 26.3 Å². The minimum absolute atomic E-state index is 0.00950. The molecule has 38 heavy (non-hydrogen) atoms. The number of anilines is 1. The molecule has 3 aromatic heterocycles. The summed E-state index contributed by atoms with van der Waals surface area (Å²) in [6.45, 7) is 6.42. The molecule has 0 radical (unpaired) electrons. The molecular formula is C27H36FN7O2S. The van der Waals surface area contributed by atoms with Crippen LogP contribution in [0.2, 0.25) is 0 Å². The van der Waals surface area contributed by atoms with Gasteiger partial charge in [0.15, 0.2) is 0 Å². The molecule has 9 nitrogen and oxygen atoms in total. The van der Waals surface area contributed by atoms with Crippen LogP contribution in [0.1, 0.15) is 61.4 Å². The van der Waals surface area contributed by atoms with Crippen molar-refractivity contribution in [1.29, 1.82) is 0 Å². The Morgan fingerprint density at radius 1 is 1.21 bits per heavy atom. The van der Waals surface area contributed by atoms with Crippen molar-refractivity contribution in [2.75, 3.05) is 23.9 Å². The van der Waals surface area contributed by atoms with Crippen LogP contribution < -0.4 is 5.32 Å². The van der Waals surface area contributed by atoms with E-state index in [0.717, 1.165) is 37.1 Å². The van der Waals surface area contributed by atoms with Gasteiger partial charge in [0.2, 0.25) is 11.9 Å².